The van der Waals surface area contributed by atoms with Crippen LogP contribution >= 0.6 is 0 Å². The molecule has 12 nitrogen and oxygen atoms in total. The van der Waals surface area contributed by atoms with Gasteiger partial charge >= 0.3 is 0 Å². The van der Waals surface area contributed by atoms with Crippen LogP contribution in [0.5, 0.6) is 5.75 Å². The van der Waals surface area contributed by atoms with Gasteiger partial charge < -0.3 is 18.9 Å². The second-order valence-corrected chi connectivity index (χ2v) is 11.8. The molecule has 0 aliphatic carbocycles. The number of aromatic amines is 1. The van der Waals surface area contributed by atoms with E-state index in [1.165, 1.54) is 27.4 Å². The van der Waals surface area contributed by atoms with Crippen LogP contribution in [0, 0.1) is 0 Å². The highest BCUT2D eigenvalue weighted by Crippen LogP contribution is 2.32. The lowest BCUT2D eigenvalue weighted by Crippen LogP contribution is -2.42. The number of nitrogens with one attached hydrogen (secondary N) is 1. The van der Waals surface area contributed by atoms with Crippen LogP contribution in [-0.2, 0) is 34.8 Å². The molecule has 1 aromatic carbocycles. The summed E-state index contributed by atoms with van der Waals surface area (Å²) in [6, 6.07) is 8.15. The van der Waals surface area contributed by atoms with Gasteiger partial charge in [-0.05, 0) is 43.7 Å². The molecule has 0 radical (unpaired) electrons. The number of hydrogen-bond donors (Lipinski definition) is 1. The van der Waals surface area contributed by atoms with Gasteiger partial charge in [-0.3, -0.25) is 14.4 Å². The first kappa shape index (κ1) is 29.0. The molecule has 5 rings (SSSR count). The summed E-state index contributed by atoms with van der Waals surface area (Å²) >= 11 is 0. The minimum Gasteiger partial charge on any atom is -0.493 e. The third kappa shape index (κ3) is 6.22. The van der Waals surface area contributed by atoms with E-state index in [2.05, 4.69) is 15.0 Å². The quantitative estimate of drug-likeness (QED) is 0.267. The van der Waals surface area contributed by atoms with Crippen molar-refractivity contribution in [1.29, 1.82) is 0 Å². The van der Waals surface area contributed by atoms with E-state index in [0.29, 0.717) is 66.6 Å². The predicted molar refractivity (Wildman–Crippen MR) is 153 cm³/mol. The number of furan rings is 1. The minimum atomic E-state index is -3.98. The molecule has 0 amide bonds. The molecule has 220 valence electrons. The number of hydrogen-bond acceptors (Lipinski definition) is 9. The smallest absolute Gasteiger partial charge is 0.277 e. The molecular weight excluding hydrogens is 548 g/mol. The number of ether oxygens (including phenoxy) is 2. The van der Waals surface area contributed by atoms with Crippen molar-refractivity contribution in [2.24, 2.45) is 7.05 Å². The van der Waals surface area contributed by atoms with Crippen molar-refractivity contribution in [2.75, 3.05) is 46.0 Å². The minimum absolute atomic E-state index is 0.0622. The highest BCUT2D eigenvalue weighted by Gasteiger charge is 2.28. The Hall–Kier alpha value is -3.52. The van der Waals surface area contributed by atoms with Gasteiger partial charge in [0.1, 0.15) is 22.9 Å². The van der Waals surface area contributed by atoms with Crippen LogP contribution in [0.4, 0.5) is 0 Å². The summed E-state index contributed by atoms with van der Waals surface area (Å²) in [5.74, 6) is 1.18. The molecule has 1 saturated heterocycles. The fourth-order valence-corrected chi connectivity index (χ4v) is 6.43. The molecule has 41 heavy (non-hydrogen) atoms. The molecule has 1 aliphatic heterocycles. The van der Waals surface area contributed by atoms with Gasteiger partial charge in [0.05, 0.1) is 48.8 Å². The largest absolute Gasteiger partial charge is 0.493 e. The lowest BCUT2D eigenvalue weighted by atomic mass is 10.1. The van der Waals surface area contributed by atoms with E-state index in [1.807, 2.05) is 13.8 Å². The van der Waals surface area contributed by atoms with Gasteiger partial charge in [-0.15, -0.1) is 0 Å². The number of aryl methyl sites for hydroxylation is 2. The van der Waals surface area contributed by atoms with Gasteiger partial charge in [-0.1, -0.05) is 13.3 Å². The van der Waals surface area contributed by atoms with Crippen LogP contribution in [0.2, 0.25) is 0 Å². The molecule has 0 spiro atoms. The number of aromatic nitrogens is 4. The highest BCUT2D eigenvalue weighted by molar-refractivity contribution is 7.89. The molecule has 1 aliphatic rings. The maximum Gasteiger partial charge on any atom is 0.277 e. The number of sulfonamides is 1. The SMILES string of the molecule is CCCc1nn(C)c2c(=O)[nH]c(-c3cc(S(=O)(=O)N(CCN4CCOCC4)Cc4ccco4)ccc3OCC)nc12. The summed E-state index contributed by atoms with van der Waals surface area (Å²) in [5.41, 5.74) is 1.60. The summed E-state index contributed by atoms with van der Waals surface area (Å²) in [7, 11) is -2.27. The molecule has 13 heteroatoms. The van der Waals surface area contributed by atoms with E-state index >= 15 is 0 Å². The number of morpholine rings is 1. The molecule has 1 fully saturated rings. The van der Waals surface area contributed by atoms with Gasteiger partial charge in [0.2, 0.25) is 10.0 Å². The summed E-state index contributed by atoms with van der Waals surface area (Å²) in [6.07, 6.45) is 3.02. The average molecular weight is 585 g/mol. The van der Waals surface area contributed by atoms with Gasteiger partial charge in [-0.2, -0.15) is 9.40 Å². The maximum absolute atomic E-state index is 14.1. The van der Waals surface area contributed by atoms with Crippen molar-refractivity contribution in [3.63, 3.8) is 0 Å². The van der Waals surface area contributed by atoms with Crippen molar-refractivity contribution >= 4 is 21.1 Å². The second kappa shape index (κ2) is 12.6. The predicted octanol–water partition coefficient (Wildman–Crippen LogP) is 2.79. The van der Waals surface area contributed by atoms with Crippen molar-refractivity contribution in [3.05, 3.63) is 58.4 Å². The van der Waals surface area contributed by atoms with E-state index in [9.17, 15) is 13.2 Å². The van der Waals surface area contributed by atoms with Crippen molar-refractivity contribution in [2.45, 2.75) is 38.1 Å². The Kier molecular flexibility index (Phi) is 8.88. The zero-order valence-electron chi connectivity index (χ0n) is 23.6. The zero-order valence-corrected chi connectivity index (χ0v) is 24.4. The molecular formula is C28H36N6O6S. The van der Waals surface area contributed by atoms with Gasteiger partial charge in [-0.25, -0.2) is 13.4 Å². The maximum atomic E-state index is 14.1. The van der Waals surface area contributed by atoms with E-state index in [1.54, 1.807) is 25.2 Å². The van der Waals surface area contributed by atoms with E-state index in [0.717, 1.165) is 19.5 Å². The first-order valence-corrected chi connectivity index (χ1v) is 15.3. The van der Waals surface area contributed by atoms with Gasteiger partial charge in [0.25, 0.3) is 5.56 Å². The number of benzene rings is 1. The van der Waals surface area contributed by atoms with Crippen molar-refractivity contribution < 1.29 is 22.3 Å². The Morgan fingerprint density at radius 1 is 1.17 bits per heavy atom. The zero-order chi connectivity index (χ0) is 29.0. The highest BCUT2D eigenvalue weighted by atomic mass is 32.2. The Morgan fingerprint density at radius 2 is 1.98 bits per heavy atom. The molecule has 0 bridgehead atoms. The lowest BCUT2D eigenvalue weighted by molar-refractivity contribution is 0.0360. The fraction of sp³-hybridized carbons (Fsp3) is 0.464. The third-order valence-corrected chi connectivity index (χ3v) is 8.92. The second-order valence-electron chi connectivity index (χ2n) is 9.89. The Labute approximate surface area is 238 Å². The molecule has 0 unspecified atom stereocenters. The van der Waals surface area contributed by atoms with Gasteiger partial charge in [0.15, 0.2) is 5.52 Å². The average Bonchev–Trinajstić information content (AvgIpc) is 3.59. The van der Waals surface area contributed by atoms with Gasteiger partial charge in [0, 0.05) is 33.2 Å². The van der Waals surface area contributed by atoms with Crippen molar-refractivity contribution in [1.82, 2.24) is 29.0 Å². The Morgan fingerprint density at radius 3 is 2.68 bits per heavy atom. The topological polar surface area (TPSA) is 136 Å². The summed E-state index contributed by atoms with van der Waals surface area (Å²) in [4.78, 5) is 23.0. The van der Waals surface area contributed by atoms with Crippen LogP contribution in [0.25, 0.3) is 22.4 Å². The molecule has 3 aromatic heterocycles. The fourth-order valence-electron chi connectivity index (χ4n) is 5.00. The molecule has 0 saturated carbocycles. The monoisotopic (exact) mass is 584 g/mol. The Bertz CT molecular complexity index is 1640. The molecule has 0 atom stereocenters. The molecule has 4 aromatic rings. The van der Waals surface area contributed by atoms with Crippen LogP contribution in [-0.4, -0.2) is 83.4 Å². The normalized spacial score (nSPS) is 14.7. The summed E-state index contributed by atoms with van der Waals surface area (Å²) in [5, 5.41) is 4.49. The first-order chi connectivity index (χ1) is 19.8. The van der Waals surface area contributed by atoms with Crippen LogP contribution in [0.15, 0.2) is 50.7 Å². The van der Waals surface area contributed by atoms with Crippen LogP contribution in [0.3, 0.4) is 0 Å². The van der Waals surface area contributed by atoms with Crippen LogP contribution < -0.4 is 10.3 Å². The number of fused-ring (bicyclic) bond motifs is 1. The number of H-pyrrole nitrogens is 1. The molecule has 4 heterocycles. The standard InChI is InChI=1S/C28H36N6O6S/c1-4-7-23-25-26(32(3)31-23)28(35)30-27(29-25)22-18-21(9-10-24(22)39-5-2)41(36,37)34(19-20-8-6-15-40-20)12-11-33-13-16-38-17-14-33/h6,8-10,15,18H,4-5,7,11-14,16-17,19H2,1-3H3,(H,29,30,35). The number of nitrogens with zero attached hydrogens (tertiary/aromatic N) is 5. The first-order valence-electron chi connectivity index (χ1n) is 13.9. The lowest BCUT2D eigenvalue weighted by Gasteiger charge is -2.29. The van der Waals surface area contributed by atoms with E-state index in [-0.39, 0.29) is 29.4 Å². The van der Waals surface area contributed by atoms with E-state index < -0.39 is 10.0 Å². The molecule has 1 N–H and O–H groups in total. The number of rotatable bonds is 12. The van der Waals surface area contributed by atoms with Crippen LogP contribution in [0.1, 0.15) is 31.7 Å². The third-order valence-electron chi connectivity index (χ3n) is 7.07. The Balaban J connectivity index is 1.56. The summed E-state index contributed by atoms with van der Waals surface area (Å²) in [6.45, 7) is 7.87. The van der Waals surface area contributed by atoms with E-state index in [4.69, 9.17) is 18.9 Å². The summed E-state index contributed by atoms with van der Waals surface area (Å²) < 4.78 is 47.9. The van der Waals surface area contributed by atoms with Crippen molar-refractivity contribution in [3.8, 4) is 17.1 Å².